The van der Waals surface area contributed by atoms with Gasteiger partial charge in [-0.1, -0.05) is 11.6 Å². The van der Waals surface area contributed by atoms with Gasteiger partial charge in [-0.15, -0.1) is 11.3 Å². The van der Waals surface area contributed by atoms with Crippen molar-refractivity contribution in [2.24, 2.45) is 5.14 Å². The zero-order valence-electron chi connectivity index (χ0n) is 10.5. The van der Waals surface area contributed by atoms with Gasteiger partial charge in [-0.05, 0) is 36.4 Å². The quantitative estimate of drug-likeness (QED) is 0.836. The molecular formula is C11H11ClN2O4S3. The van der Waals surface area contributed by atoms with E-state index in [1.165, 1.54) is 36.4 Å². The summed E-state index contributed by atoms with van der Waals surface area (Å²) in [5.74, 6) is 0. The molecule has 0 amide bonds. The zero-order valence-corrected chi connectivity index (χ0v) is 13.7. The van der Waals surface area contributed by atoms with E-state index in [0.29, 0.717) is 9.90 Å². The van der Waals surface area contributed by atoms with Crippen molar-refractivity contribution in [3.05, 3.63) is 46.3 Å². The topological polar surface area (TPSA) is 106 Å². The third kappa shape index (κ3) is 4.25. The Labute approximate surface area is 131 Å². The molecule has 0 aliphatic heterocycles. The summed E-state index contributed by atoms with van der Waals surface area (Å²) in [6.45, 7) is -0.0227. The van der Waals surface area contributed by atoms with E-state index in [9.17, 15) is 16.8 Å². The van der Waals surface area contributed by atoms with Gasteiger partial charge in [0, 0.05) is 16.4 Å². The average Bonchev–Trinajstić information content (AvgIpc) is 2.86. The molecule has 6 nitrogen and oxygen atoms in total. The summed E-state index contributed by atoms with van der Waals surface area (Å²) in [5.41, 5.74) is 0. The number of benzene rings is 1. The van der Waals surface area contributed by atoms with E-state index in [4.69, 9.17) is 16.7 Å². The molecule has 0 aliphatic rings. The Morgan fingerprint density at radius 3 is 2.19 bits per heavy atom. The van der Waals surface area contributed by atoms with Crippen LogP contribution in [0.1, 0.15) is 4.88 Å². The first-order valence-corrected chi connectivity index (χ1v) is 9.78. The summed E-state index contributed by atoms with van der Waals surface area (Å²) < 4.78 is 48.7. The third-order valence-electron chi connectivity index (χ3n) is 2.48. The number of primary sulfonamides is 1. The highest BCUT2D eigenvalue weighted by Gasteiger charge is 2.15. The van der Waals surface area contributed by atoms with Gasteiger partial charge in [0.05, 0.1) is 4.90 Å². The van der Waals surface area contributed by atoms with Gasteiger partial charge in [-0.25, -0.2) is 26.7 Å². The number of thiophene rings is 1. The highest BCUT2D eigenvalue weighted by atomic mass is 35.5. The van der Waals surface area contributed by atoms with Crippen LogP contribution in [0.15, 0.2) is 45.5 Å². The fraction of sp³-hybridized carbons (Fsp3) is 0.0909. The van der Waals surface area contributed by atoms with Crippen molar-refractivity contribution in [1.29, 1.82) is 0 Å². The highest BCUT2D eigenvalue weighted by molar-refractivity contribution is 7.91. The van der Waals surface area contributed by atoms with Crippen LogP contribution in [-0.2, 0) is 26.6 Å². The van der Waals surface area contributed by atoms with E-state index in [1.807, 2.05) is 0 Å². The Kier molecular flexibility index (Phi) is 4.71. The molecule has 114 valence electrons. The first kappa shape index (κ1) is 16.4. The Morgan fingerprint density at radius 1 is 1.05 bits per heavy atom. The lowest BCUT2D eigenvalue weighted by Gasteiger charge is -2.05. The molecule has 0 radical (unpaired) electrons. The molecule has 0 spiro atoms. The summed E-state index contributed by atoms with van der Waals surface area (Å²) in [6, 6.07) is 8.56. The Hall–Kier alpha value is -0.970. The first-order valence-electron chi connectivity index (χ1n) is 5.55. The average molecular weight is 367 g/mol. The molecule has 0 bridgehead atoms. The summed E-state index contributed by atoms with van der Waals surface area (Å²) in [6.07, 6.45) is 0. The van der Waals surface area contributed by atoms with E-state index in [2.05, 4.69) is 4.72 Å². The lowest BCUT2D eigenvalue weighted by molar-refractivity contribution is 0.581. The van der Waals surface area contributed by atoms with E-state index >= 15 is 0 Å². The lowest BCUT2D eigenvalue weighted by Crippen LogP contribution is -2.22. The van der Waals surface area contributed by atoms with Crippen LogP contribution >= 0.6 is 22.9 Å². The standard InChI is InChI=1S/C11H11ClN2O4S3/c12-8-1-4-10(5-2-8)21(17,18)14-7-9-3-6-11(19-9)20(13,15)16/h1-6,14H,7H2,(H2,13,15,16). The lowest BCUT2D eigenvalue weighted by atomic mass is 10.4. The smallest absolute Gasteiger partial charge is 0.224 e. The van der Waals surface area contributed by atoms with Crippen molar-refractivity contribution in [2.75, 3.05) is 0 Å². The second kappa shape index (κ2) is 6.03. The zero-order chi connectivity index (χ0) is 15.7. The van der Waals surface area contributed by atoms with Crippen molar-refractivity contribution in [3.8, 4) is 0 Å². The van der Waals surface area contributed by atoms with Gasteiger partial charge in [-0.3, -0.25) is 0 Å². The molecule has 0 fully saturated rings. The molecule has 0 saturated carbocycles. The van der Waals surface area contributed by atoms with Crippen molar-refractivity contribution in [1.82, 2.24) is 4.72 Å². The SMILES string of the molecule is NS(=O)(=O)c1ccc(CNS(=O)(=O)c2ccc(Cl)cc2)s1. The van der Waals surface area contributed by atoms with Crippen molar-refractivity contribution >= 4 is 43.0 Å². The number of rotatable bonds is 5. The number of nitrogens with two attached hydrogens (primary N) is 1. The van der Waals surface area contributed by atoms with Crippen LogP contribution in [0.2, 0.25) is 5.02 Å². The number of nitrogens with one attached hydrogen (secondary N) is 1. The summed E-state index contributed by atoms with van der Waals surface area (Å²) in [4.78, 5) is 0.617. The Balaban J connectivity index is 2.12. The largest absolute Gasteiger partial charge is 0.247 e. The Bertz CT molecular complexity index is 842. The van der Waals surface area contributed by atoms with Gasteiger partial charge >= 0.3 is 0 Å². The maximum Gasteiger partial charge on any atom is 0.247 e. The molecule has 0 atom stereocenters. The van der Waals surface area contributed by atoms with Gasteiger partial charge in [0.25, 0.3) is 0 Å². The van der Waals surface area contributed by atoms with Gasteiger partial charge in [0.2, 0.25) is 20.0 Å². The third-order valence-corrected chi connectivity index (χ3v) is 6.67. The molecular weight excluding hydrogens is 356 g/mol. The minimum absolute atomic E-state index is 0.0109. The molecule has 3 N–H and O–H groups in total. The van der Waals surface area contributed by atoms with Gasteiger partial charge in [0.15, 0.2) is 0 Å². The molecule has 1 aromatic heterocycles. The predicted octanol–water partition coefficient (Wildman–Crippen LogP) is 1.53. The molecule has 0 aliphatic carbocycles. The molecule has 0 unspecified atom stereocenters. The molecule has 0 saturated heterocycles. The number of hydrogen-bond acceptors (Lipinski definition) is 5. The van der Waals surface area contributed by atoms with E-state index in [0.717, 1.165) is 11.3 Å². The molecule has 1 heterocycles. The molecule has 2 rings (SSSR count). The minimum atomic E-state index is -3.77. The minimum Gasteiger partial charge on any atom is -0.224 e. The normalized spacial score (nSPS) is 12.5. The maximum atomic E-state index is 12.0. The molecule has 2 aromatic rings. The summed E-state index contributed by atoms with van der Waals surface area (Å²) >= 11 is 6.62. The number of sulfonamides is 2. The van der Waals surface area contributed by atoms with E-state index in [-0.39, 0.29) is 15.6 Å². The number of halogens is 1. The van der Waals surface area contributed by atoms with Crippen LogP contribution in [-0.4, -0.2) is 16.8 Å². The highest BCUT2D eigenvalue weighted by Crippen LogP contribution is 2.21. The van der Waals surface area contributed by atoms with Crippen molar-refractivity contribution in [2.45, 2.75) is 15.6 Å². The predicted molar refractivity (Wildman–Crippen MR) is 81.2 cm³/mol. The van der Waals surface area contributed by atoms with E-state index < -0.39 is 20.0 Å². The number of hydrogen-bond donors (Lipinski definition) is 2. The van der Waals surface area contributed by atoms with Gasteiger partial charge < -0.3 is 0 Å². The van der Waals surface area contributed by atoms with Gasteiger partial charge in [-0.2, -0.15) is 0 Å². The second-order valence-electron chi connectivity index (χ2n) is 4.04. The van der Waals surface area contributed by atoms with Crippen LogP contribution < -0.4 is 9.86 Å². The van der Waals surface area contributed by atoms with Crippen LogP contribution in [0.3, 0.4) is 0 Å². The summed E-state index contributed by atoms with van der Waals surface area (Å²) in [5, 5.41) is 5.42. The van der Waals surface area contributed by atoms with Gasteiger partial charge in [0.1, 0.15) is 4.21 Å². The maximum absolute atomic E-state index is 12.0. The van der Waals surface area contributed by atoms with Crippen LogP contribution in [0, 0.1) is 0 Å². The van der Waals surface area contributed by atoms with Crippen LogP contribution in [0.25, 0.3) is 0 Å². The summed E-state index contributed by atoms with van der Waals surface area (Å²) in [7, 11) is -7.45. The first-order chi connectivity index (χ1) is 9.68. The molecule has 21 heavy (non-hydrogen) atoms. The monoisotopic (exact) mass is 366 g/mol. The Morgan fingerprint density at radius 2 is 1.67 bits per heavy atom. The van der Waals surface area contributed by atoms with Crippen molar-refractivity contribution in [3.63, 3.8) is 0 Å². The van der Waals surface area contributed by atoms with Crippen LogP contribution in [0.4, 0.5) is 0 Å². The fourth-order valence-electron chi connectivity index (χ4n) is 1.47. The fourth-order valence-corrected chi connectivity index (χ4v) is 4.41. The van der Waals surface area contributed by atoms with Crippen LogP contribution in [0.5, 0.6) is 0 Å². The molecule has 10 heteroatoms. The molecule has 1 aromatic carbocycles. The van der Waals surface area contributed by atoms with Crippen molar-refractivity contribution < 1.29 is 16.8 Å². The second-order valence-corrected chi connectivity index (χ2v) is 9.20. The van der Waals surface area contributed by atoms with E-state index in [1.54, 1.807) is 0 Å².